The van der Waals surface area contributed by atoms with Gasteiger partial charge < -0.3 is 5.11 Å². The van der Waals surface area contributed by atoms with Crippen LogP contribution in [0, 0.1) is 0 Å². The van der Waals surface area contributed by atoms with E-state index in [0.717, 1.165) is 11.3 Å². The van der Waals surface area contributed by atoms with Gasteiger partial charge in [-0.3, -0.25) is 0 Å². The summed E-state index contributed by atoms with van der Waals surface area (Å²) < 4.78 is 1.52. The SMILES string of the molecule is O=C(O)c1cscc1-c1cccc(-n2cnnn2)c1. The van der Waals surface area contributed by atoms with Crippen LogP contribution in [-0.2, 0) is 0 Å². The summed E-state index contributed by atoms with van der Waals surface area (Å²) in [7, 11) is 0. The van der Waals surface area contributed by atoms with E-state index in [1.807, 2.05) is 29.6 Å². The fraction of sp³-hybridized carbons (Fsp3) is 0. The van der Waals surface area contributed by atoms with Crippen molar-refractivity contribution in [3.63, 3.8) is 0 Å². The highest BCUT2D eigenvalue weighted by Gasteiger charge is 2.13. The van der Waals surface area contributed by atoms with Gasteiger partial charge in [0.1, 0.15) is 6.33 Å². The molecule has 94 valence electrons. The topological polar surface area (TPSA) is 80.9 Å². The molecule has 0 saturated carbocycles. The summed E-state index contributed by atoms with van der Waals surface area (Å²) in [6.45, 7) is 0. The summed E-state index contributed by atoms with van der Waals surface area (Å²) in [4.78, 5) is 11.1. The van der Waals surface area contributed by atoms with Gasteiger partial charge in [0, 0.05) is 10.9 Å². The number of thiophene rings is 1. The van der Waals surface area contributed by atoms with Crippen LogP contribution in [0.4, 0.5) is 0 Å². The molecule has 0 unspecified atom stereocenters. The molecule has 7 heteroatoms. The zero-order valence-electron chi connectivity index (χ0n) is 9.59. The first kappa shape index (κ1) is 11.5. The predicted octanol–water partition coefficient (Wildman–Crippen LogP) is 2.09. The number of hydrogen-bond donors (Lipinski definition) is 1. The van der Waals surface area contributed by atoms with Gasteiger partial charge in [0.05, 0.1) is 11.3 Å². The third-order valence-electron chi connectivity index (χ3n) is 2.66. The van der Waals surface area contributed by atoms with Crippen molar-refractivity contribution in [1.82, 2.24) is 20.2 Å². The second-order valence-electron chi connectivity index (χ2n) is 3.81. The number of carboxylic acid groups (broad SMARTS) is 1. The van der Waals surface area contributed by atoms with Gasteiger partial charge in [-0.2, -0.15) is 11.3 Å². The Balaban J connectivity index is 2.09. The second kappa shape index (κ2) is 4.62. The summed E-state index contributed by atoms with van der Waals surface area (Å²) in [6, 6.07) is 7.41. The highest BCUT2D eigenvalue weighted by atomic mass is 32.1. The lowest BCUT2D eigenvalue weighted by molar-refractivity contribution is 0.0698. The Labute approximate surface area is 111 Å². The average molecular weight is 272 g/mol. The molecule has 3 rings (SSSR count). The largest absolute Gasteiger partial charge is 0.478 e. The van der Waals surface area contributed by atoms with Crippen LogP contribution in [-0.4, -0.2) is 31.3 Å². The van der Waals surface area contributed by atoms with Crippen LogP contribution in [0.25, 0.3) is 16.8 Å². The maximum absolute atomic E-state index is 11.1. The van der Waals surface area contributed by atoms with E-state index < -0.39 is 5.97 Å². The number of carbonyl (C=O) groups is 1. The van der Waals surface area contributed by atoms with E-state index in [1.54, 1.807) is 5.38 Å². The Hall–Kier alpha value is -2.54. The number of aromatic carboxylic acids is 1. The lowest BCUT2D eigenvalue weighted by Gasteiger charge is -2.04. The minimum absolute atomic E-state index is 0.305. The van der Waals surface area contributed by atoms with Crippen molar-refractivity contribution in [2.24, 2.45) is 0 Å². The molecular formula is C12H8N4O2S. The summed E-state index contributed by atoms with van der Waals surface area (Å²) in [5.41, 5.74) is 2.61. The molecule has 1 N–H and O–H groups in total. The van der Waals surface area contributed by atoms with Gasteiger partial charge in [0.15, 0.2) is 0 Å². The lowest BCUT2D eigenvalue weighted by Crippen LogP contribution is -1.98. The first-order chi connectivity index (χ1) is 9.25. The van der Waals surface area contributed by atoms with E-state index in [0.29, 0.717) is 11.1 Å². The Morgan fingerprint density at radius 3 is 2.95 bits per heavy atom. The monoisotopic (exact) mass is 272 g/mol. The molecule has 19 heavy (non-hydrogen) atoms. The third-order valence-corrected chi connectivity index (χ3v) is 3.41. The van der Waals surface area contributed by atoms with Crippen molar-refractivity contribution in [2.75, 3.05) is 0 Å². The Kier molecular flexibility index (Phi) is 2.81. The molecule has 2 aromatic heterocycles. The minimum Gasteiger partial charge on any atom is -0.478 e. The standard InChI is InChI=1S/C12H8N4O2S/c17-12(18)11-6-19-5-10(11)8-2-1-3-9(4-8)16-7-13-14-15-16/h1-7H,(H,17,18). The van der Waals surface area contributed by atoms with Crippen LogP contribution in [0.15, 0.2) is 41.4 Å². The van der Waals surface area contributed by atoms with E-state index in [1.165, 1.54) is 22.3 Å². The molecule has 0 radical (unpaired) electrons. The molecular weight excluding hydrogens is 264 g/mol. The zero-order chi connectivity index (χ0) is 13.2. The van der Waals surface area contributed by atoms with Crippen LogP contribution < -0.4 is 0 Å². The van der Waals surface area contributed by atoms with Crippen molar-refractivity contribution in [2.45, 2.75) is 0 Å². The fourth-order valence-corrected chi connectivity index (χ4v) is 2.61. The van der Waals surface area contributed by atoms with Crippen molar-refractivity contribution in [3.8, 4) is 16.8 Å². The maximum atomic E-state index is 11.1. The molecule has 6 nitrogen and oxygen atoms in total. The predicted molar refractivity (Wildman–Crippen MR) is 69.4 cm³/mol. The highest BCUT2D eigenvalue weighted by Crippen LogP contribution is 2.28. The quantitative estimate of drug-likeness (QED) is 0.789. The number of rotatable bonds is 3. The second-order valence-corrected chi connectivity index (χ2v) is 4.55. The smallest absolute Gasteiger partial charge is 0.337 e. The van der Waals surface area contributed by atoms with E-state index in [-0.39, 0.29) is 0 Å². The number of nitrogens with zero attached hydrogens (tertiary/aromatic N) is 4. The van der Waals surface area contributed by atoms with Gasteiger partial charge >= 0.3 is 5.97 Å². The molecule has 0 aliphatic carbocycles. The number of aromatic nitrogens is 4. The third kappa shape index (κ3) is 2.11. The summed E-state index contributed by atoms with van der Waals surface area (Å²) >= 11 is 1.36. The van der Waals surface area contributed by atoms with Gasteiger partial charge in [-0.1, -0.05) is 12.1 Å². The van der Waals surface area contributed by atoms with Crippen LogP contribution in [0.5, 0.6) is 0 Å². The average Bonchev–Trinajstić information content (AvgIpc) is 3.10. The zero-order valence-corrected chi connectivity index (χ0v) is 10.4. The highest BCUT2D eigenvalue weighted by molar-refractivity contribution is 7.08. The molecule has 0 aliphatic heterocycles. The van der Waals surface area contributed by atoms with Crippen molar-refractivity contribution >= 4 is 17.3 Å². The number of benzene rings is 1. The normalized spacial score (nSPS) is 10.5. The molecule has 0 saturated heterocycles. The maximum Gasteiger partial charge on any atom is 0.337 e. The number of hydrogen-bond acceptors (Lipinski definition) is 5. The van der Waals surface area contributed by atoms with Gasteiger partial charge in [0.2, 0.25) is 0 Å². The molecule has 0 fully saturated rings. The van der Waals surface area contributed by atoms with Gasteiger partial charge in [-0.15, -0.1) is 5.10 Å². The molecule has 1 aromatic carbocycles. The Morgan fingerprint density at radius 2 is 2.21 bits per heavy atom. The molecule has 0 aliphatic rings. The van der Waals surface area contributed by atoms with E-state index in [9.17, 15) is 4.79 Å². The van der Waals surface area contributed by atoms with Crippen LogP contribution in [0.3, 0.4) is 0 Å². The van der Waals surface area contributed by atoms with Gasteiger partial charge in [-0.05, 0) is 33.5 Å². The molecule has 3 aromatic rings. The van der Waals surface area contributed by atoms with E-state index in [2.05, 4.69) is 15.5 Å². The van der Waals surface area contributed by atoms with Crippen LogP contribution in [0.1, 0.15) is 10.4 Å². The summed E-state index contributed by atoms with van der Waals surface area (Å²) in [5.74, 6) is -0.927. The molecule has 0 bridgehead atoms. The first-order valence-electron chi connectivity index (χ1n) is 5.39. The molecule has 0 amide bonds. The first-order valence-corrected chi connectivity index (χ1v) is 6.33. The van der Waals surface area contributed by atoms with E-state index >= 15 is 0 Å². The minimum atomic E-state index is -0.927. The van der Waals surface area contributed by atoms with Crippen molar-refractivity contribution in [3.05, 3.63) is 46.9 Å². The van der Waals surface area contributed by atoms with Crippen LogP contribution in [0.2, 0.25) is 0 Å². The van der Waals surface area contributed by atoms with Gasteiger partial charge in [0.25, 0.3) is 0 Å². The Bertz CT molecular complexity index is 721. The van der Waals surface area contributed by atoms with Crippen LogP contribution >= 0.6 is 11.3 Å². The van der Waals surface area contributed by atoms with Gasteiger partial charge in [-0.25, -0.2) is 9.48 Å². The number of carboxylic acids is 1. The van der Waals surface area contributed by atoms with E-state index in [4.69, 9.17) is 5.11 Å². The lowest BCUT2D eigenvalue weighted by atomic mass is 10.0. The molecule has 2 heterocycles. The molecule has 0 spiro atoms. The number of tetrazole rings is 1. The molecule has 0 atom stereocenters. The summed E-state index contributed by atoms with van der Waals surface area (Å²) in [6.07, 6.45) is 1.49. The van der Waals surface area contributed by atoms with Crippen molar-refractivity contribution < 1.29 is 9.90 Å². The Morgan fingerprint density at radius 1 is 1.32 bits per heavy atom. The summed E-state index contributed by atoms with van der Waals surface area (Å²) in [5, 5.41) is 23.5. The fourth-order valence-electron chi connectivity index (χ4n) is 1.78. The van der Waals surface area contributed by atoms with Crippen molar-refractivity contribution in [1.29, 1.82) is 0 Å².